The first-order valence-corrected chi connectivity index (χ1v) is 6.41. The Balaban J connectivity index is 2.49. The molecule has 0 fully saturated rings. The van der Waals surface area contributed by atoms with Crippen molar-refractivity contribution in [2.24, 2.45) is 5.92 Å². The first-order chi connectivity index (χ1) is 8.80. The molecular weight excluding hydrogens is 247 g/mol. The number of aromatic nitrogens is 1. The van der Waals surface area contributed by atoms with E-state index in [2.05, 4.69) is 24.1 Å². The third-order valence-corrected chi connectivity index (χ3v) is 2.86. The lowest BCUT2D eigenvalue weighted by Gasteiger charge is -2.24. The predicted molar refractivity (Wildman–Crippen MR) is 71.2 cm³/mol. The van der Waals surface area contributed by atoms with E-state index < -0.39 is 17.3 Å². The molecule has 0 saturated heterocycles. The van der Waals surface area contributed by atoms with Gasteiger partial charge in [-0.2, -0.15) is 0 Å². The number of carbonyl (C=O) groups excluding carboxylic acids is 1. The number of pyridine rings is 1. The van der Waals surface area contributed by atoms with Gasteiger partial charge in [0.2, 0.25) is 0 Å². The molecule has 1 heterocycles. The maximum absolute atomic E-state index is 12.9. The van der Waals surface area contributed by atoms with Crippen LogP contribution in [0.5, 0.6) is 0 Å². The van der Waals surface area contributed by atoms with E-state index in [4.69, 9.17) is 0 Å². The Morgan fingerprint density at radius 1 is 1.53 bits per heavy atom. The van der Waals surface area contributed by atoms with Crippen molar-refractivity contribution in [2.45, 2.75) is 39.2 Å². The summed E-state index contributed by atoms with van der Waals surface area (Å²) in [6, 6.07) is 1.12. The maximum Gasteiger partial charge on any atom is 0.253 e. The fourth-order valence-corrected chi connectivity index (χ4v) is 1.60. The number of carbonyl (C=O) groups is 1. The van der Waals surface area contributed by atoms with Crippen LogP contribution in [0, 0.1) is 11.7 Å². The number of nitrogens with zero attached hydrogens (tertiary/aromatic N) is 1. The van der Waals surface area contributed by atoms with Gasteiger partial charge in [0, 0.05) is 12.7 Å². The van der Waals surface area contributed by atoms with E-state index in [9.17, 15) is 14.3 Å². The molecule has 0 radical (unpaired) electrons. The first-order valence-electron chi connectivity index (χ1n) is 6.41. The average Bonchev–Trinajstić information content (AvgIpc) is 2.34. The number of aliphatic hydroxyl groups is 1. The number of amides is 1. The molecule has 19 heavy (non-hydrogen) atoms. The van der Waals surface area contributed by atoms with Crippen molar-refractivity contribution in [3.8, 4) is 0 Å². The smallest absolute Gasteiger partial charge is 0.253 e. The molecule has 5 heteroatoms. The molecule has 1 aromatic heterocycles. The average molecular weight is 268 g/mol. The SMILES string of the molecule is CC(C)CCC(C)(O)CNC(=O)c1cncc(F)c1. The minimum absolute atomic E-state index is 0.134. The molecule has 0 aliphatic rings. The lowest BCUT2D eigenvalue weighted by Crippen LogP contribution is -2.40. The van der Waals surface area contributed by atoms with Crippen molar-refractivity contribution >= 4 is 5.91 Å². The van der Waals surface area contributed by atoms with Crippen LogP contribution < -0.4 is 5.32 Å². The molecule has 1 atom stereocenters. The normalized spacial score (nSPS) is 14.2. The van der Waals surface area contributed by atoms with Crippen molar-refractivity contribution in [3.63, 3.8) is 0 Å². The molecule has 106 valence electrons. The van der Waals surface area contributed by atoms with E-state index in [0.29, 0.717) is 12.3 Å². The summed E-state index contributed by atoms with van der Waals surface area (Å²) in [6.07, 6.45) is 3.81. The van der Waals surface area contributed by atoms with Gasteiger partial charge in [0.15, 0.2) is 0 Å². The van der Waals surface area contributed by atoms with E-state index in [1.165, 1.54) is 6.20 Å². The van der Waals surface area contributed by atoms with Gasteiger partial charge in [-0.05, 0) is 31.7 Å². The Labute approximate surface area is 113 Å². The highest BCUT2D eigenvalue weighted by Crippen LogP contribution is 2.15. The van der Waals surface area contributed by atoms with Crippen molar-refractivity contribution in [1.29, 1.82) is 0 Å². The molecule has 1 aromatic rings. The zero-order valence-electron chi connectivity index (χ0n) is 11.6. The standard InChI is InChI=1S/C14H21FN2O2/c1-10(2)4-5-14(3,19)9-17-13(18)11-6-12(15)8-16-7-11/h6-8,10,19H,4-5,9H2,1-3H3,(H,17,18). The van der Waals surface area contributed by atoms with Gasteiger partial charge >= 0.3 is 0 Å². The van der Waals surface area contributed by atoms with Gasteiger partial charge in [-0.3, -0.25) is 9.78 Å². The van der Waals surface area contributed by atoms with Crippen LogP contribution in [0.1, 0.15) is 44.0 Å². The van der Waals surface area contributed by atoms with E-state index in [1.54, 1.807) is 6.92 Å². The monoisotopic (exact) mass is 268 g/mol. The second kappa shape index (κ2) is 6.61. The summed E-state index contributed by atoms with van der Waals surface area (Å²) in [5.41, 5.74) is -0.805. The number of rotatable bonds is 6. The number of hydrogen-bond donors (Lipinski definition) is 2. The molecule has 1 rings (SSSR count). The zero-order valence-corrected chi connectivity index (χ0v) is 11.6. The summed E-state index contributed by atoms with van der Waals surface area (Å²) in [5.74, 6) is -0.495. The van der Waals surface area contributed by atoms with E-state index >= 15 is 0 Å². The van der Waals surface area contributed by atoms with Crippen LogP contribution in [0.2, 0.25) is 0 Å². The van der Waals surface area contributed by atoms with Crippen LogP contribution in [0.15, 0.2) is 18.5 Å². The lowest BCUT2D eigenvalue weighted by atomic mass is 9.95. The van der Waals surface area contributed by atoms with Crippen LogP contribution in [0.25, 0.3) is 0 Å². The molecule has 0 aliphatic heterocycles. The van der Waals surface area contributed by atoms with Crippen LogP contribution in [-0.4, -0.2) is 28.1 Å². The second-order valence-electron chi connectivity index (χ2n) is 5.50. The maximum atomic E-state index is 12.9. The number of hydrogen-bond acceptors (Lipinski definition) is 3. The molecule has 0 aromatic carbocycles. The summed E-state index contributed by atoms with van der Waals surface area (Å²) < 4.78 is 12.9. The van der Waals surface area contributed by atoms with Crippen LogP contribution >= 0.6 is 0 Å². The highest BCUT2D eigenvalue weighted by atomic mass is 19.1. The third-order valence-electron chi connectivity index (χ3n) is 2.86. The highest BCUT2D eigenvalue weighted by Gasteiger charge is 2.21. The van der Waals surface area contributed by atoms with Crippen LogP contribution in [0.3, 0.4) is 0 Å². The van der Waals surface area contributed by atoms with Gasteiger partial charge in [0.05, 0.1) is 17.4 Å². The van der Waals surface area contributed by atoms with Gasteiger partial charge < -0.3 is 10.4 Å². The number of nitrogens with one attached hydrogen (secondary N) is 1. The Bertz CT molecular complexity index is 433. The fraction of sp³-hybridized carbons (Fsp3) is 0.571. The van der Waals surface area contributed by atoms with Crippen molar-refractivity contribution < 1.29 is 14.3 Å². The second-order valence-corrected chi connectivity index (χ2v) is 5.50. The summed E-state index contributed by atoms with van der Waals surface area (Å²) in [4.78, 5) is 15.4. The van der Waals surface area contributed by atoms with E-state index in [0.717, 1.165) is 18.7 Å². The van der Waals surface area contributed by atoms with Gasteiger partial charge in [0.25, 0.3) is 5.91 Å². The molecule has 4 nitrogen and oxygen atoms in total. The third kappa shape index (κ3) is 5.79. The summed E-state index contributed by atoms with van der Waals surface area (Å²) >= 11 is 0. The Kier molecular flexibility index (Phi) is 5.42. The van der Waals surface area contributed by atoms with Crippen molar-refractivity contribution in [3.05, 3.63) is 29.8 Å². The highest BCUT2D eigenvalue weighted by molar-refractivity contribution is 5.93. The summed E-state index contributed by atoms with van der Waals surface area (Å²) in [6.45, 7) is 5.97. The van der Waals surface area contributed by atoms with Gasteiger partial charge in [-0.25, -0.2) is 4.39 Å². The number of halogens is 1. The largest absolute Gasteiger partial charge is 0.388 e. The topological polar surface area (TPSA) is 62.2 Å². The zero-order chi connectivity index (χ0) is 14.5. The summed E-state index contributed by atoms with van der Waals surface area (Å²) in [7, 11) is 0. The molecule has 2 N–H and O–H groups in total. The van der Waals surface area contributed by atoms with Gasteiger partial charge in [-0.15, -0.1) is 0 Å². The predicted octanol–water partition coefficient (Wildman–Crippen LogP) is 2.14. The lowest BCUT2D eigenvalue weighted by molar-refractivity contribution is 0.0429. The Hall–Kier alpha value is -1.49. The van der Waals surface area contributed by atoms with Crippen LogP contribution in [-0.2, 0) is 0 Å². The minimum atomic E-state index is -0.958. The quantitative estimate of drug-likeness (QED) is 0.831. The van der Waals surface area contributed by atoms with E-state index in [-0.39, 0.29) is 12.1 Å². The Morgan fingerprint density at radius 3 is 2.79 bits per heavy atom. The molecule has 0 bridgehead atoms. The van der Waals surface area contributed by atoms with Crippen molar-refractivity contribution in [2.75, 3.05) is 6.54 Å². The van der Waals surface area contributed by atoms with E-state index in [1.807, 2.05) is 0 Å². The fourth-order valence-electron chi connectivity index (χ4n) is 1.60. The molecule has 1 amide bonds. The summed E-state index contributed by atoms with van der Waals surface area (Å²) in [5, 5.41) is 12.7. The molecule has 0 aliphatic carbocycles. The van der Waals surface area contributed by atoms with Gasteiger partial charge in [-0.1, -0.05) is 13.8 Å². The van der Waals surface area contributed by atoms with Crippen molar-refractivity contribution in [1.82, 2.24) is 10.3 Å². The first kappa shape index (κ1) is 15.6. The Morgan fingerprint density at radius 2 is 2.21 bits per heavy atom. The molecular formula is C14H21FN2O2. The molecule has 0 saturated carbocycles. The van der Waals surface area contributed by atoms with Crippen LogP contribution in [0.4, 0.5) is 4.39 Å². The molecule has 1 unspecified atom stereocenters. The minimum Gasteiger partial charge on any atom is -0.388 e. The van der Waals surface area contributed by atoms with Gasteiger partial charge in [0.1, 0.15) is 5.82 Å². The molecule has 0 spiro atoms.